The van der Waals surface area contributed by atoms with Crippen molar-refractivity contribution >= 4 is 11.7 Å². The molecule has 1 aromatic heterocycles. The van der Waals surface area contributed by atoms with E-state index in [2.05, 4.69) is 29.2 Å². The summed E-state index contributed by atoms with van der Waals surface area (Å²) in [5.41, 5.74) is 0.415. The molecule has 2 atom stereocenters. The average Bonchev–Trinajstić information content (AvgIpc) is 2.96. The predicted molar refractivity (Wildman–Crippen MR) is 85.4 cm³/mol. The zero-order chi connectivity index (χ0) is 17.3. The molecule has 1 aromatic rings. The number of urea groups is 1. The first-order chi connectivity index (χ1) is 11.4. The minimum Gasteiger partial charge on any atom is -0.470 e. The molecule has 0 spiro atoms. The molecule has 2 saturated heterocycles. The van der Waals surface area contributed by atoms with Gasteiger partial charge in [0.15, 0.2) is 6.61 Å². The van der Waals surface area contributed by atoms with E-state index in [1.807, 2.05) is 0 Å². The van der Waals surface area contributed by atoms with E-state index in [1.54, 1.807) is 17.0 Å². The Morgan fingerprint density at radius 1 is 1.50 bits per heavy atom. The number of rotatable bonds is 4. The lowest BCUT2D eigenvalue weighted by Crippen LogP contribution is -2.37. The summed E-state index contributed by atoms with van der Waals surface area (Å²) in [6, 6.07) is 2.97. The topological polar surface area (TPSA) is 57.7 Å². The minimum absolute atomic E-state index is 0.0106. The molecular weight excluding hydrogens is 318 g/mol. The number of ether oxygens (including phenoxy) is 1. The number of aromatic nitrogens is 1. The summed E-state index contributed by atoms with van der Waals surface area (Å²) >= 11 is 0. The van der Waals surface area contributed by atoms with Crippen LogP contribution in [0.2, 0.25) is 0 Å². The first-order valence-electron chi connectivity index (χ1n) is 7.98. The van der Waals surface area contributed by atoms with E-state index >= 15 is 0 Å². The lowest BCUT2D eigenvalue weighted by atomic mass is 9.83. The van der Waals surface area contributed by atoms with Gasteiger partial charge >= 0.3 is 6.03 Å². The van der Waals surface area contributed by atoms with Crippen molar-refractivity contribution in [2.24, 2.45) is 11.3 Å². The number of likely N-dealkylation sites (tertiary alicyclic amines) is 2. The van der Waals surface area contributed by atoms with Crippen molar-refractivity contribution in [2.75, 3.05) is 45.2 Å². The lowest BCUT2D eigenvalue weighted by molar-refractivity contribution is 0.0800. The molecule has 132 valence electrons. The van der Waals surface area contributed by atoms with Gasteiger partial charge in [-0.1, -0.05) is 6.92 Å². The van der Waals surface area contributed by atoms with Crippen molar-refractivity contribution in [3.8, 4) is 5.88 Å². The SMILES string of the molecule is CN1C[C@@H]2CN(C(=O)Nc3cccnc3OCC(F)F)C[C@]2(C)C1. The van der Waals surface area contributed by atoms with Gasteiger partial charge in [0.1, 0.15) is 5.69 Å². The highest BCUT2D eigenvalue weighted by molar-refractivity contribution is 5.90. The van der Waals surface area contributed by atoms with Crippen molar-refractivity contribution in [1.29, 1.82) is 0 Å². The monoisotopic (exact) mass is 340 g/mol. The Morgan fingerprint density at radius 2 is 2.29 bits per heavy atom. The van der Waals surface area contributed by atoms with Crippen LogP contribution in [0.1, 0.15) is 6.92 Å². The number of carbonyl (C=O) groups excluding carboxylic acids is 1. The highest BCUT2D eigenvalue weighted by Gasteiger charge is 2.49. The van der Waals surface area contributed by atoms with Gasteiger partial charge in [-0.05, 0) is 25.1 Å². The highest BCUT2D eigenvalue weighted by Crippen LogP contribution is 2.41. The number of hydrogen-bond acceptors (Lipinski definition) is 4. The van der Waals surface area contributed by atoms with Gasteiger partial charge < -0.3 is 19.9 Å². The average molecular weight is 340 g/mol. The smallest absolute Gasteiger partial charge is 0.322 e. The number of nitrogens with zero attached hydrogens (tertiary/aromatic N) is 3. The number of anilines is 1. The number of amides is 2. The largest absolute Gasteiger partial charge is 0.470 e. The molecule has 8 heteroatoms. The maximum absolute atomic E-state index is 12.5. The molecule has 3 rings (SSSR count). The third-order valence-corrected chi connectivity index (χ3v) is 4.79. The summed E-state index contributed by atoms with van der Waals surface area (Å²) in [5, 5.41) is 2.73. The summed E-state index contributed by atoms with van der Waals surface area (Å²) in [4.78, 5) is 20.5. The molecule has 2 amide bonds. The van der Waals surface area contributed by atoms with Crippen LogP contribution in [0, 0.1) is 11.3 Å². The lowest BCUT2D eigenvalue weighted by Gasteiger charge is -2.24. The summed E-state index contributed by atoms with van der Waals surface area (Å²) < 4.78 is 29.6. The molecule has 0 aliphatic carbocycles. The van der Waals surface area contributed by atoms with Gasteiger partial charge in [0, 0.05) is 37.8 Å². The molecule has 2 fully saturated rings. The molecule has 24 heavy (non-hydrogen) atoms. The Labute approximate surface area is 139 Å². The normalized spacial score (nSPS) is 26.7. The maximum Gasteiger partial charge on any atom is 0.322 e. The Kier molecular flexibility index (Phi) is 4.58. The number of alkyl halides is 2. The second-order valence-electron chi connectivity index (χ2n) is 6.92. The molecule has 1 N–H and O–H groups in total. The molecule has 0 radical (unpaired) electrons. The van der Waals surface area contributed by atoms with Crippen LogP contribution in [-0.4, -0.2) is 67.1 Å². The fourth-order valence-corrected chi connectivity index (χ4v) is 3.72. The standard InChI is InChI=1S/C16H22F2N4O2/c1-16-9-21(2)6-11(16)7-22(10-16)15(23)20-12-4-3-5-19-14(12)24-8-13(17)18/h3-5,11,13H,6-10H2,1-2H3,(H,20,23)/t11-,16+/m1/s1. The van der Waals surface area contributed by atoms with Crippen molar-refractivity contribution in [2.45, 2.75) is 13.3 Å². The zero-order valence-electron chi connectivity index (χ0n) is 13.8. The number of nitrogens with one attached hydrogen (secondary N) is 1. The highest BCUT2D eigenvalue weighted by atomic mass is 19.3. The van der Waals surface area contributed by atoms with Crippen molar-refractivity contribution in [3.63, 3.8) is 0 Å². The first-order valence-corrected chi connectivity index (χ1v) is 7.98. The van der Waals surface area contributed by atoms with Gasteiger partial charge in [0.2, 0.25) is 5.88 Å². The molecule has 0 saturated carbocycles. The predicted octanol–water partition coefficient (Wildman–Crippen LogP) is 2.14. The summed E-state index contributed by atoms with van der Waals surface area (Å²) in [6.45, 7) is 4.78. The van der Waals surface area contributed by atoms with E-state index in [-0.39, 0.29) is 17.3 Å². The van der Waals surface area contributed by atoms with Gasteiger partial charge in [0.05, 0.1) is 0 Å². The third kappa shape index (κ3) is 3.43. The van der Waals surface area contributed by atoms with E-state index in [4.69, 9.17) is 4.74 Å². The van der Waals surface area contributed by atoms with Crippen molar-refractivity contribution in [1.82, 2.24) is 14.8 Å². The summed E-state index contributed by atoms with van der Waals surface area (Å²) in [7, 11) is 2.09. The zero-order valence-corrected chi connectivity index (χ0v) is 13.8. The number of halogens is 2. The number of pyridine rings is 1. The van der Waals surface area contributed by atoms with E-state index in [1.165, 1.54) is 6.20 Å². The van der Waals surface area contributed by atoms with Gasteiger partial charge in [-0.3, -0.25) is 0 Å². The fraction of sp³-hybridized carbons (Fsp3) is 0.625. The van der Waals surface area contributed by atoms with Gasteiger partial charge in [0.25, 0.3) is 6.43 Å². The molecule has 2 aliphatic heterocycles. The van der Waals surface area contributed by atoms with Gasteiger partial charge in [-0.25, -0.2) is 18.6 Å². The van der Waals surface area contributed by atoms with Crippen LogP contribution in [0.3, 0.4) is 0 Å². The summed E-state index contributed by atoms with van der Waals surface area (Å²) in [5.74, 6) is 0.466. The van der Waals surface area contributed by atoms with Gasteiger partial charge in [-0.2, -0.15) is 0 Å². The minimum atomic E-state index is -2.59. The van der Waals surface area contributed by atoms with Crippen LogP contribution >= 0.6 is 0 Å². The maximum atomic E-state index is 12.5. The Hall–Kier alpha value is -1.96. The fourth-order valence-electron chi connectivity index (χ4n) is 3.72. The number of carbonyl (C=O) groups is 1. The van der Waals surface area contributed by atoms with E-state index in [0.29, 0.717) is 24.7 Å². The van der Waals surface area contributed by atoms with E-state index < -0.39 is 13.0 Å². The number of fused-ring (bicyclic) bond motifs is 1. The molecule has 0 bridgehead atoms. The second kappa shape index (κ2) is 6.51. The van der Waals surface area contributed by atoms with Crippen molar-refractivity contribution in [3.05, 3.63) is 18.3 Å². The van der Waals surface area contributed by atoms with Crippen LogP contribution in [-0.2, 0) is 0 Å². The van der Waals surface area contributed by atoms with Crippen LogP contribution in [0.5, 0.6) is 5.88 Å². The Morgan fingerprint density at radius 3 is 3.00 bits per heavy atom. The van der Waals surface area contributed by atoms with Crippen LogP contribution in [0.25, 0.3) is 0 Å². The van der Waals surface area contributed by atoms with Gasteiger partial charge in [-0.15, -0.1) is 0 Å². The number of hydrogen-bond donors (Lipinski definition) is 1. The van der Waals surface area contributed by atoms with Crippen LogP contribution in [0.15, 0.2) is 18.3 Å². The Balaban J connectivity index is 1.64. The molecule has 3 heterocycles. The van der Waals surface area contributed by atoms with Crippen LogP contribution < -0.4 is 10.1 Å². The third-order valence-electron chi connectivity index (χ3n) is 4.79. The Bertz CT molecular complexity index is 615. The molecule has 6 nitrogen and oxygen atoms in total. The van der Waals surface area contributed by atoms with E-state index in [0.717, 1.165) is 13.1 Å². The van der Waals surface area contributed by atoms with Crippen LogP contribution in [0.4, 0.5) is 19.3 Å². The quantitative estimate of drug-likeness (QED) is 0.912. The molecule has 0 aromatic carbocycles. The molecule has 0 unspecified atom stereocenters. The molecule has 2 aliphatic rings. The second-order valence-corrected chi connectivity index (χ2v) is 6.92. The molecular formula is C16H22F2N4O2. The summed E-state index contributed by atoms with van der Waals surface area (Å²) in [6.07, 6.45) is -1.15. The first kappa shape index (κ1) is 16.9. The van der Waals surface area contributed by atoms with Crippen molar-refractivity contribution < 1.29 is 18.3 Å². The van der Waals surface area contributed by atoms with E-state index in [9.17, 15) is 13.6 Å².